The zero-order chi connectivity index (χ0) is 65.2. The van der Waals surface area contributed by atoms with E-state index in [-0.39, 0.29) is 95.4 Å². The molecule has 1 atom stereocenters. The molecule has 0 radical (unpaired) electrons. The van der Waals surface area contributed by atoms with E-state index >= 15 is 0 Å². The fourth-order valence-electron chi connectivity index (χ4n) is 9.21. The Bertz CT molecular complexity index is 4060. The zero-order valence-electron chi connectivity index (χ0n) is 51.0. The predicted molar refractivity (Wildman–Crippen MR) is 329 cm³/mol. The van der Waals surface area contributed by atoms with Crippen LogP contribution in [0.25, 0.3) is 0 Å². The van der Waals surface area contributed by atoms with E-state index in [1.807, 2.05) is 19.0 Å². The van der Waals surface area contributed by atoms with Crippen LogP contribution in [0.5, 0.6) is 0 Å². The van der Waals surface area contributed by atoms with E-state index in [0.29, 0.717) is 29.3 Å². The topological polar surface area (TPSA) is 411 Å². The molecule has 12 N–H and O–H groups in total. The highest BCUT2D eigenvalue weighted by molar-refractivity contribution is 6.09. The van der Waals surface area contributed by atoms with Gasteiger partial charge in [-0.3, -0.25) is 47.9 Å². The van der Waals surface area contributed by atoms with Crippen molar-refractivity contribution in [2.45, 2.75) is 25.3 Å². The largest absolute Gasteiger partial charge is 0.356 e. The predicted octanol–water partition coefficient (Wildman–Crippen LogP) is 0.762. The normalized spacial score (nSPS) is 11.4. The minimum atomic E-state index is -1.12. The lowest BCUT2D eigenvalue weighted by Gasteiger charge is -2.11. The van der Waals surface area contributed by atoms with Gasteiger partial charge in [-0.1, -0.05) is 0 Å². The average molecular weight is 1240 g/mol. The number of nitrogens with one attached hydrogen (secondary N) is 10. The summed E-state index contributed by atoms with van der Waals surface area (Å²) < 4.78 is 11.7. The summed E-state index contributed by atoms with van der Waals surface area (Å²) in [5.74, 6) is -5.56. The third kappa shape index (κ3) is 16.0. The molecule has 34 heteroatoms. The SMILES string of the molecule is CN(C)CCCNC(=O)CCNC(=O)c1cc(NC(=O)c2nc(NC(=O)c3nc(NC(=O)c4nc(NC(=O)[C@H](N)CCNC(=O)c5cc(NC(=O)c6cc(NC(=O)c7cc(NC(=O)c8nccn8C)cn7C)cn6C)cn5C)cn4C)cn3C)cn2C)cn1C. The first-order valence-corrected chi connectivity index (χ1v) is 27.9. The molecular formula is C56H70N24O10. The first-order chi connectivity index (χ1) is 42.7. The number of imidazole rings is 4. The molecule has 8 aromatic rings. The van der Waals surface area contributed by atoms with Crippen molar-refractivity contribution in [3.05, 3.63) is 126 Å². The van der Waals surface area contributed by atoms with Gasteiger partial charge in [-0.05, 0) is 57.7 Å². The van der Waals surface area contributed by atoms with Crippen LogP contribution in [0.2, 0.25) is 0 Å². The van der Waals surface area contributed by atoms with Gasteiger partial charge in [-0.2, -0.15) is 0 Å². The lowest BCUT2D eigenvalue weighted by Crippen LogP contribution is -2.39. The molecule has 0 aliphatic rings. The maximum Gasteiger partial charge on any atom is 0.292 e. The molecule has 8 heterocycles. The molecule has 0 saturated heterocycles. The van der Waals surface area contributed by atoms with Gasteiger partial charge in [-0.25, -0.2) is 19.9 Å². The molecular weight excluding hydrogens is 1170 g/mol. The third-order valence-electron chi connectivity index (χ3n) is 13.8. The van der Waals surface area contributed by atoms with Crippen LogP contribution in [0.4, 0.5) is 40.2 Å². The second-order valence-electron chi connectivity index (χ2n) is 21.3. The minimum Gasteiger partial charge on any atom is -0.356 e. The fourth-order valence-corrected chi connectivity index (χ4v) is 9.21. The maximum absolute atomic E-state index is 13.4. The summed E-state index contributed by atoms with van der Waals surface area (Å²) in [6.45, 7) is 1.46. The van der Waals surface area contributed by atoms with E-state index in [1.54, 1.807) is 70.0 Å². The second-order valence-corrected chi connectivity index (χ2v) is 21.3. The number of hydrogen-bond donors (Lipinski definition) is 11. The Labute approximate surface area is 513 Å². The van der Waals surface area contributed by atoms with Crippen molar-refractivity contribution in [2.75, 3.05) is 77.5 Å². The highest BCUT2D eigenvalue weighted by atomic mass is 16.2. The van der Waals surface area contributed by atoms with Gasteiger partial charge < -0.3 is 100 Å². The van der Waals surface area contributed by atoms with Crippen LogP contribution in [0, 0.1) is 0 Å². The van der Waals surface area contributed by atoms with Crippen molar-refractivity contribution in [1.82, 2.24) is 77.3 Å². The molecule has 10 amide bonds. The van der Waals surface area contributed by atoms with Crippen LogP contribution < -0.4 is 58.9 Å². The summed E-state index contributed by atoms with van der Waals surface area (Å²) >= 11 is 0. The summed E-state index contributed by atoms with van der Waals surface area (Å²) in [6, 6.07) is 4.80. The molecule has 8 rings (SSSR count). The molecule has 34 nitrogen and oxygen atoms in total. The monoisotopic (exact) mass is 1240 g/mol. The Morgan fingerprint density at radius 2 is 0.811 bits per heavy atom. The number of anilines is 7. The molecule has 0 saturated carbocycles. The van der Waals surface area contributed by atoms with Gasteiger partial charge in [0.25, 0.3) is 47.3 Å². The fraction of sp³-hybridized carbons (Fsp3) is 0.321. The number of carbonyl (C=O) groups excluding carboxylic acids is 10. The van der Waals surface area contributed by atoms with Gasteiger partial charge >= 0.3 is 0 Å². The molecule has 90 heavy (non-hydrogen) atoms. The number of aromatic nitrogens is 12. The molecule has 0 unspecified atom stereocenters. The number of rotatable bonds is 26. The van der Waals surface area contributed by atoms with Crippen LogP contribution in [0.1, 0.15) is 104 Å². The van der Waals surface area contributed by atoms with E-state index in [4.69, 9.17) is 5.73 Å². The molecule has 0 aliphatic heterocycles. The first-order valence-electron chi connectivity index (χ1n) is 27.9. The number of aryl methyl sites for hydroxylation is 8. The van der Waals surface area contributed by atoms with Crippen LogP contribution in [0.15, 0.2) is 80.0 Å². The Balaban J connectivity index is 0.758. The third-order valence-corrected chi connectivity index (χ3v) is 13.8. The van der Waals surface area contributed by atoms with Crippen molar-refractivity contribution in [3.8, 4) is 0 Å². The Kier molecular flexibility index (Phi) is 20.1. The first kappa shape index (κ1) is 64.6. The summed E-state index contributed by atoms with van der Waals surface area (Å²) in [5.41, 5.74) is 8.32. The Morgan fingerprint density at radius 1 is 0.433 bits per heavy atom. The summed E-state index contributed by atoms with van der Waals surface area (Å²) in [7, 11) is 16.7. The molecule has 0 bridgehead atoms. The molecule has 0 aliphatic carbocycles. The van der Waals surface area contributed by atoms with Crippen LogP contribution >= 0.6 is 0 Å². The van der Waals surface area contributed by atoms with Crippen molar-refractivity contribution in [3.63, 3.8) is 0 Å². The zero-order valence-corrected chi connectivity index (χ0v) is 51.0. The van der Waals surface area contributed by atoms with Gasteiger partial charge in [0.2, 0.25) is 29.3 Å². The lowest BCUT2D eigenvalue weighted by molar-refractivity contribution is -0.121. The van der Waals surface area contributed by atoms with Crippen LogP contribution in [0.3, 0.4) is 0 Å². The quantitative estimate of drug-likeness (QED) is 0.0334. The van der Waals surface area contributed by atoms with Crippen molar-refractivity contribution in [2.24, 2.45) is 62.1 Å². The van der Waals surface area contributed by atoms with Gasteiger partial charge in [0.15, 0.2) is 23.3 Å². The highest BCUT2D eigenvalue weighted by Crippen LogP contribution is 2.22. The van der Waals surface area contributed by atoms with E-state index in [9.17, 15) is 47.9 Å². The summed E-state index contributed by atoms with van der Waals surface area (Å²) in [5, 5.41) is 26.9. The standard InChI is InChI=1S/C56H70N24O10/c1-72(2)18-11-14-58-43(81)13-16-61-50(84)37-21-33(26-75(37)5)65-54(88)45-67-41(29-78(45)8)70-56(90)47-68-42(30-80(47)10)71-55(89)46-66-40(28-79(46)9)69-48(82)35(57)12-15-60-49(83)36-20-31(24-74(36)4)62-51(85)38-22-32(25-76(38)6)63-52(86)39-23-34(27-77(39)7)64-53(87)44-59-17-19-73(44)3/h17,19-30,35H,11-16,18,57H2,1-10H3,(H,58,81)(H,60,83)(H,61,84)(H,62,85)(H,63,86)(H,64,87)(H,65,88)(H,69,82)(H,70,90)(H,71,89)/t35-/m1/s1. The summed E-state index contributed by atoms with van der Waals surface area (Å²) in [6.07, 6.45) is 14.4. The van der Waals surface area contributed by atoms with E-state index in [2.05, 4.69) is 73.1 Å². The number of nitrogens with zero attached hydrogens (tertiary/aromatic N) is 13. The van der Waals surface area contributed by atoms with Crippen LogP contribution in [-0.2, 0) is 66.0 Å². The van der Waals surface area contributed by atoms with E-state index in [0.717, 1.165) is 13.0 Å². The number of carbonyl (C=O) groups is 10. The van der Waals surface area contributed by atoms with Crippen molar-refractivity contribution < 1.29 is 47.9 Å². The molecule has 0 spiro atoms. The van der Waals surface area contributed by atoms with E-state index in [1.165, 1.54) is 103 Å². The Morgan fingerprint density at radius 3 is 1.22 bits per heavy atom. The molecule has 474 valence electrons. The number of amides is 10. The van der Waals surface area contributed by atoms with Gasteiger partial charge in [-0.15, -0.1) is 0 Å². The average Bonchev–Trinajstić information content (AvgIpc) is 2.82. The molecule has 0 fully saturated rings. The van der Waals surface area contributed by atoms with Gasteiger partial charge in [0.1, 0.15) is 22.8 Å². The van der Waals surface area contributed by atoms with Crippen LogP contribution in [-0.4, -0.2) is 167 Å². The van der Waals surface area contributed by atoms with E-state index < -0.39 is 59.2 Å². The summed E-state index contributed by atoms with van der Waals surface area (Å²) in [4.78, 5) is 150. The van der Waals surface area contributed by atoms with Gasteiger partial charge in [0.05, 0.1) is 28.8 Å². The lowest BCUT2D eigenvalue weighted by atomic mass is 10.2. The molecule has 0 aromatic carbocycles. The smallest absolute Gasteiger partial charge is 0.292 e. The van der Waals surface area contributed by atoms with Crippen molar-refractivity contribution >= 4 is 99.3 Å². The highest BCUT2D eigenvalue weighted by Gasteiger charge is 2.25. The van der Waals surface area contributed by atoms with Crippen molar-refractivity contribution in [1.29, 1.82) is 0 Å². The molecule has 8 aromatic heterocycles. The van der Waals surface area contributed by atoms with Gasteiger partial charge in [0, 0.05) is 138 Å². The maximum atomic E-state index is 13.4. The number of nitrogens with two attached hydrogens (primary N) is 1. The minimum absolute atomic E-state index is 0.000502. The number of hydrogen-bond acceptors (Lipinski definition) is 16. The Hall–Kier alpha value is -11.4. The second kappa shape index (κ2) is 28.0.